The van der Waals surface area contributed by atoms with E-state index in [2.05, 4.69) is 4.74 Å². The van der Waals surface area contributed by atoms with Crippen LogP contribution in [-0.2, 0) is 9.53 Å². The minimum absolute atomic E-state index is 0.0540. The molecule has 0 aliphatic carbocycles. The third-order valence-electron chi connectivity index (χ3n) is 6.23. The minimum Gasteiger partial charge on any atom is -0.434 e. The molecule has 2 aromatic rings. The monoisotopic (exact) mass is 414 g/mol. The largest absolute Gasteiger partial charge is 0.434 e. The second-order valence-corrected chi connectivity index (χ2v) is 7.69. The summed E-state index contributed by atoms with van der Waals surface area (Å²) < 4.78 is 36.3. The van der Waals surface area contributed by atoms with Gasteiger partial charge in [0.25, 0.3) is 5.91 Å². The first-order valence-electron chi connectivity index (χ1n) is 9.87. The van der Waals surface area contributed by atoms with Crippen molar-refractivity contribution in [3.8, 4) is 5.75 Å². The van der Waals surface area contributed by atoms with Crippen molar-refractivity contribution in [1.82, 2.24) is 9.80 Å². The number of ether oxygens (including phenoxy) is 2. The average molecular weight is 414 g/mol. The summed E-state index contributed by atoms with van der Waals surface area (Å²) in [4.78, 5) is 29.5. The Kier molecular flexibility index (Phi) is 4.47. The van der Waals surface area contributed by atoms with Gasteiger partial charge >= 0.3 is 6.61 Å². The summed E-state index contributed by atoms with van der Waals surface area (Å²) in [6, 6.07) is 14.9. The number of amides is 2. The molecule has 8 heteroatoms. The Balaban J connectivity index is 1.45. The Bertz CT molecular complexity index is 986. The maximum Gasteiger partial charge on any atom is 0.387 e. The van der Waals surface area contributed by atoms with E-state index < -0.39 is 24.3 Å². The first-order valence-corrected chi connectivity index (χ1v) is 9.87. The van der Waals surface area contributed by atoms with E-state index in [1.807, 2.05) is 30.3 Å². The number of halogens is 2. The number of hydrogen-bond acceptors (Lipinski definition) is 4. The van der Waals surface area contributed by atoms with Crippen molar-refractivity contribution in [2.75, 3.05) is 13.2 Å². The molecular weight excluding hydrogens is 394 g/mol. The van der Waals surface area contributed by atoms with Gasteiger partial charge in [0.2, 0.25) is 5.91 Å². The molecule has 3 aliphatic heterocycles. The molecule has 1 spiro atoms. The lowest BCUT2D eigenvalue weighted by Crippen LogP contribution is -2.49. The van der Waals surface area contributed by atoms with Gasteiger partial charge in [-0.1, -0.05) is 42.5 Å². The predicted molar refractivity (Wildman–Crippen MR) is 102 cm³/mol. The number of hydrogen-bond donors (Lipinski definition) is 0. The molecule has 2 aromatic carbocycles. The lowest BCUT2D eigenvalue weighted by molar-refractivity contribution is -0.138. The number of nitrogens with zero attached hydrogens (tertiary/aromatic N) is 2. The van der Waals surface area contributed by atoms with Crippen LogP contribution in [0.2, 0.25) is 0 Å². The van der Waals surface area contributed by atoms with Crippen LogP contribution in [0.4, 0.5) is 8.78 Å². The number of likely N-dealkylation sites (tertiary alicyclic amines) is 1. The van der Waals surface area contributed by atoms with Gasteiger partial charge in [0.1, 0.15) is 5.75 Å². The maximum absolute atomic E-state index is 13.3. The van der Waals surface area contributed by atoms with Crippen LogP contribution in [0.1, 0.15) is 34.8 Å². The van der Waals surface area contributed by atoms with Gasteiger partial charge in [0.15, 0.2) is 5.72 Å². The fourth-order valence-corrected chi connectivity index (χ4v) is 5.01. The van der Waals surface area contributed by atoms with Crippen molar-refractivity contribution in [3.63, 3.8) is 0 Å². The summed E-state index contributed by atoms with van der Waals surface area (Å²) in [6.45, 7) is -2.30. The van der Waals surface area contributed by atoms with Crippen molar-refractivity contribution in [2.24, 2.45) is 0 Å². The fraction of sp³-hybridized carbons (Fsp3) is 0.364. The zero-order chi connectivity index (χ0) is 20.9. The molecule has 0 N–H and O–H groups in total. The van der Waals surface area contributed by atoms with Gasteiger partial charge in [-0.15, -0.1) is 0 Å². The molecule has 3 atom stereocenters. The van der Waals surface area contributed by atoms with Crippen LogP contribution in [0.3, 0.4) is 0 Å². The topological polar surface area (TPSA) is 59.1 Å². The van der Waals surface area contributed by atoms with E-state index >= 15 is 0 Å². The first kappa shape index (κ1) is 19.0. The molecule has 3 aliphatic rings. The van der Waals surface area contributed by atoms with Crippen molar-refractivity contribution >= 4 is 11.8 Å². The first-order chi connectivity index (χ1) is 14.5. The molecule has 0 radical (unpaired) electrons. The predicted octanol–water partition coefficient (Wildman–Crippen LogP) is 3.20. The fourth-order valence-electron chi connectivity index (χ4n) is 5.01. The van der Waals surface area contributed by atoms with Crippen LogP contribution in [0.5, 0.6) is 5.75 Å². The number of para-hydroxylation sites is 1. The van der Waals surface area contributed by atoms with Crippen molar-refractivity contribution in [2.45, 2.75) is 37.3 Å². The van der Waals surface area contributed by atoms with Gasteiger partial charge in [0, 0.05) is 13.0 Å². The van der Waals surface area contributed by atoms with Crippen LogP contribution < -0.4 is 4.74 Å². The lowest BCUT2D eigenvalue weighted by atomic mass is 10.0. The Morgan fingerprint density at radius 2 is 1.87 bits per heavy atom. The number of carbonyl (C=O) groups is 2. The third kappa shape index (κ3) is 2.78. The van der Waals surface area contributed by atoms with E-state index in [-0.39, 0.29) is 29.7 Å². The highest BCUT2D eigenvalue weighted by molar-refractivity contribution is 5.98. The van der Waals surface area contributed by atoms with Gasteiger partial charge in [-0.2, -0.15) is 8.78 Å². The molecular formula is C22H20F2N2O4. The summed E-state index contributed by atoms with van der Waals surface area (Å²) in [5.74, 6) is -0.676. The normalized spacial score (nSPS) is 27.5. The highest BCUT2D eigenvalue weighted by Gasteiger charge is 2.65. The highest BCUT2D eigenvalue weighted by Crippen LogP contribution is 2.51. The van der Waals surface area contributed by atoms with Gasteiger partial charge in [-0.25, -0.2) is 0 Å². The second kappa shape index (κ2) is 7.05. The Morgan fingerprint density at radius 1 is 1.13 bits per heavy atom. The summed E-state index contributed by atoms with van der Waals surface area (Å²) >= 11 is 0. The van der Waals surface area contributed by atoms with Crippen molar-refractivity contribution in [3.05, 3.63) is 65.7 Å². The van der Waals surface area contributed by atoms with E-state index in [1.54, 1.807) is 15.9 Å². The zero-order valence-electron chi connectivity index (χ0n) is 16.0. The second-order valence-electron chi connectivity index (χ2n) is 7.69. The average Bonchev–Trinajstić information content (AvgIpc) is 3.37. The van der Waals surface area contributed by atoms with Crippen LogP contribution in [-0.4, -0.2) is 53.1 Å². The Labute approximate surface area is 172 Å². The number of carbonyl (C=O) groups excluding carboxylic acids is 2. The van der Waals surface area contributed by atoms with Crippen molar-refractivity contribution < 1.29 is 27.8 Å². The number of alkyl halides is 2. The third-order valence-corrected chi connectivity index (χ3v) is 6.23. The van der Waals surface area contributed by atoms with E-state index in [0.717, 1.165) is 5.56 Å². The Hall–Kier alpha value is -3.00. The number of benzene rings is 2. The standard InChI is InChI=1S/C22H20F2N2O4/c23-21(24)30-17-9-5-4-8-15(17)20(28)25-11-10-22-18(25)12-19(27)26(22)16(13-29-22)14-6-2-1-3-7-14/h1-9,16,18,21H,10-13H2/t16-,18+,22-/m0/s1. The van der Waals surface area contributed by atoms with Gasteiger partial charge in [0.05, 0.1) is 30.7 Å². The highest BCUT2D eigenvalue weighted by atomic mass is 19.3. The van der Waals surface area contributed by atoms with Crippen LogP contribution in [0, 0.1) is 0 Å². The molecule has 30 heavy (non-hydrogen) atoms. The van der Waals surface area contributed by atoms with Gasteiger partial charge < -0.3 is 19.3 Å². The summed E-state index contributed by atoms with van der Waals surface area (Å²) in [6.07, 6.45) is 0.628. The van der Waals surface area contributed by atoms with E-state index in [9.17, 15) is 18.4 Å². The number of rotatable bonds is 4. The molecule has 0 saturated carbocycles. The Morgan fingerprint density at radius 3 is 2.63 bits per heavy atom. The molecule has 2 amide bonds. The summed E-state index contributed by atoms with van der Waals surface area (Å²) in [5, 5.41) is 0. The molecule has 6 nitrogen and oxygen atoms in total. The minimum atomic E-state index is -3.03. The quantitative estimate of drug-likeness (QED) is 0.771. The summed E-state index contributed by atoms with van der Waals surface area (Å²) in [5.41, 5.74) is 0.174. The van der Waals surface area contributed by atoms with E-state index in [4.69, 9.17) is 4.74 Å². The molecule has 3 saturated heterocycles. The van der Waals surface area contributed by atoms with Gasteiger partial charge in [-0.3, -0.25) is 9.59 Å². The molecule has 3 heterocycles. The molecule has 3 fully saturated rings. The van der Waals surface area contributed by atoms with Crippen LogP contribution >= 0.6 is 0 Å². The van der Waals surface area contributed by atoms with Gasteiger partial charge in [-0.05, 0) is 17.7 Å². The SMILES string of the molecule is O=C(c1ccccc1OC(F)F)N1CC[C@@]23OC[C@@H](c4ccccc4)N2C(=O)C[C@@H]13. The lowest BCUT2D eigenvalue weighted by Gasteiger charge is -2.33. The zero-order valence-corrected chi connectivity index (χ0v) is 16.0. The van der Waals surface area contributed by atoms with Crippen LogP contribution in [0.25, 0.3) is 0 Å². The molecule has 5 rings (SSSR count). The molecule has 156 valence electrons. The molecule has 0 unspecified atom stereocenters. The van der Waals surface area contributed by atoms with Crippen LogP contribution in [0.15, 0.2) is 54.6 Å². The summed E-state index contributed by atoms with van der Waals surface area (Å²) in [7, 11) is 0. The van der Waals surface area contributed by atoms with E-state index in [0.29, 0.717) is 19.6 Å². The smallest absolute Gasteiger partial charge is 0.387 e. The molecule has 0 bridgehead atoms. The van der Waals surface area contributed by atoms with E-state index in [1.165, 1.54) is 18.2 Å². The maximum atomic E-state index is 13.3. The van der Waals surface area contributed by atoms with Crippen molar-refractivity contribution in [1.29, 1.82) is 0 Å². The molecule has 0 aromatic heterocycles.